The Hall–Kier alpha value is -3.12. The van der Waals surface area contributed by atoms with E-state index in [0.29, 0.717) is 16.8 Å². The van der Waals surface area contributed by atoms with Gasteiger partial charge in [-0.15, -0.1) is 0 Å². The van der Waals surface area contributed by atoms with Crippen molar-refractivity contribution in [1.29, 1.82) is 0 Å². The van der Waals surface area contributed by atoms with Crippen LogP contribution in [0.25, 0.3) is 10.9 Å². The predicted octanol–water partition coefficient (Wildman–Crippen LogP) is 3.26. The Bertz CT molecular complexity index is 914. The fourth-order valence-corrected chi connectivity index (χ4v) is 2.53. The maximum Gasteiger partial charge on any atom is 0.335 e. The van der Waals surface area contributed by atoms with Crippen molar-refractivity contribution >= 4 is 28.5 Å². The third-order valence-electron chi connectivity index (χ3n) is 3.63. The molecule has 0 fully saturated rings. The van der Waals surface area contributed by atoms with Crippen LogP contribution in [0.1, 0.15) is 26.3 Å². The van der Waals surface area contributed by atoms with Crippen LogP contribution >= 0.6 is 0 Å². The summed E-state index contributed by atoms with van der Waals surface area (Å²) in [6, 6.07) is 11.9. The summed E-state index contributed by atoms with van der Waals surface area (Å²) in [6.45, 7) is 0.262. The number of hydrogen-bond acceptors (Lipinski definition) is 3. The van der Waals surface area contributed by atoms with Gasteiger partial charge in [-0.3, -0.25) is 4.79 Å². The van der Waals surface area contributed by atoms with E-state index in [1.807, 2.05) is 12.1 Å². The van der Waals surface area contributed by atoms with Gasteiger partial charge in [0.05, 0.1) is 12.2 Å². The molecule has 0 unspecified atom stereocenters. The van der Waals surface area contributed by atoms with E-state index in [1.54, 1.807) is 24.4 Å². The molecular formula is C18H16N2O4. The molecule has 122 valence electrons. The molecule has 3 aromatic rings. The Labute approximate surface area is 138 Å². The molecule has 6 nitrogen and oxygen atoms in total. The quantitative estimate of drug-likeness (QED) is 0.672. The molecule has 1 amide bonds. The molecule has 24 heavy (non-hydrogen) atoms. The van der Waals surface area contributed by atoms with Crippen LogP contribution in [0.3, 0.4) is 0 Å². The number of hydrogen-bond donors (Lipinski definition) is 3. The van der Waals surface area contributed by atoms with E-state index in [1.165, 1.54) is 19.2 Å². The standard InChI is InChI=1S/C18H16N2O4/c1-24-10-11-6-14(18(22)23)8-15(7-11)20-17(21)13-3-2-12-4-5-19-16(12)9-13/h2-9,19H,10H2,1H3,(H,20,21)(H,22,23). The molecule has 3 N–H and O–H groups in total. The van der Waals surface area contributed by atoms with Crippen molar-refractivity contribution < 1.29 is 19.4 Å². The molecule has 0 aliphatic carbocycles. The number of nitrogens with one attached hydrogen (secondary N) is 2. The van der Waals surface area contributed by atoms with Crippen molar-refractivity contribution in [2.24, 2.45) is 0 Å². The number of carboxylic acids is 1. The zero-order valence-corrected chi connectivity index (χ0v) is 13.0. The minimum atomic E-state index is -1.06. The molecule has 2 aromatic carbocycles. The highest BCUT2D eigenvalue weighted by Crippen LogP contribution is 2.19. The zero-order chi connectivity index (χ0) is 17.1. The summed E-state index contributed by atoms with van der Waals surface area (Å²) in [7, 11) is 1.53. The van der Waals surface area contributed by atoms with Crippen LogP contribution in [0.2, 0.25) is 0 Å². The summed E-state index contributed by atoms with van der Waals surface area (Å²) < 4.78 is 5.04. The lowest BCUT2D eigenvalue weighted by atomic mass is 10.1. The summed E-state index contributed by atoms with van der Waals surface area (Å²) in [5, 5.41) is 12.9. The van der Waals surface area contributed by atoms with Crippen LogP contribution in [0.15, 0.2) is 48.7 Å². The van der Waals surface area contributed by atoms with Crippen molar-refractivity contribution in [3.8, 4) is 0 Å². The second kappa shape index (κ2) is 6.55. The van der Waals surface area contributed by atoms with Crippen LogP contribution in [0.5, 0.6) is 0 Å². The number of benzene rings is 2. The number of carboxylic acid groups (broad SMARTS) is 1. The van der Waals surface area contributed by atoms with E-state index in [0.717, 1.165) is 10.9 Å². The average molecular weight is 324 g/mol. The first-order valence-corrected chi connectivity index (χ1v) is 7.31. The number of ether oxygens (including phenoxy) is 1. The Morgan fingerprint density at radius 1 is 1.12 bits per heavy atom. The number of anilines is 1. The van der Waals surface area contributed by atoms with Gasteiger partial charge in [-0.2, -0.15) is 0 Å². The van der Waals surface area contributed by atoms with E-state index in [4.69, 9.17) is 4.74 Å². The van der Waals surface area contributed by atoms with Gasteiger partial charge in [0.2, 0.25) is 0 Å². The number of fused-ring (bicyclic) bond motifs is 1. The van der Waals surface area contributed by atoms with Gasteiger partial charge >= 0.3 is 5.97 Å². The number of H-pyrrole nitrogens is 1. The molecule has 0 radical (unpaired) electrons. The number of aromatic carboxylic acids is 1. The lowest BCUT2D eigenvalue weighted by Gasteiger charge is -2.09. The van der Waals surface area contributed by atoms with Gasteiger partial charge in [-0.05, 0) is 47.3 Å². The van der Waals surface area contributed by atoms with Gasteiger partial charge in [-0.25, -0.2) is 4.79 Å². The molecule has 0 saturated carbocycles. The highest BCUT2D eigenvalue weighted by Gasteiger charge is 2.11. The van der Waals surface area contributed by atoms with Gasteiger partial charge in [0.15, 0.2) is 0 Å². The molecular weight excluding hydrogens is 308 g/mol. The lowest BCUT2D eigenvalue weighted by Crippen LogP contribution is -2.13. The number of methoxy groups -OCH3 is 1. The van der Waals surface area contributed by atoms with Crippen molar-refractivity contribution in [3.05, 3.63) is 65.4 Å². The molecule has 3 rings (SSSR count). The van der Waals surface area contributed by atoms with Crippen molar-refractivity contribution in [2.75, 3.05) is 12.4 Å². The summed E-state index contributed by atoms with van der Waals surface area (Å²) in [5.74, 6) is -1.37. The molecule has 0 atom stereocenters. The number of rotatable bonds is 5. The van der Waals surface area contributed by atoms with E-state index in [2.05, 4.69) is 10.3 Å². The van der Waals surface area contributed by atoms with E-state index < -0.39 is 5.97 Å². The van der Waals surface area contributed by atoms with Gasteiger partial charge in [0.25, 0.3) is 5.91 Å². The van der Waals surface area contributed by atoms with Crippen LogP contribution in [0.4, 0.5) is 5.69 Å². The molecule has 0 bridgehead atoms. The van der Waals surface area contributed by atoms with Gasteiger partial charge < -0.3 is 20.1 Å². The fraction of sp³-hybridized carbons (Fsp3) is 0.111. The first-order valence-electron chi connectivity index (χ1n) is 7.31. The maximum atomic E-state index is 12.4. The Morgan fingerprint density at radius 2 is 1.96 bits per heavy atom. The molecule has 1 heterocycles. The normalized spacial score (nSPS) is 10.7. The topological polar surface area (TPSA) is 91.4 Å². The Kier molecular flexibility index (Phi) is 4.31. The first kappa shape index (κ1) is 15.8. The average Bonchev–Trinajstić information content (AvgIpc) is 3.02. The fourth-order valence-electron chi connectivity index (χ4n) is 2.53. The summed E-state index contributed by atoms with van der Waals surface area (Å²) >= 11 is 0. The Morgan fingerprint density at radius 3 is 2.71 bits per heavy atom. The lowest BCUT2D eigenvalue weighted by molar-refractivity contribution is 0.0696. The third-order valence-corrected chi connectivity index (χ3v) is 3.63. The van der Waals surface area contributed by atoms with Crippen LogP contribution in [-0.4, -0.2) is 29.1 Å². The number of amides is 1. The molecule has 1 aromatic heterocycles. The first-order chi connectivity index (χ1) is 11.6. The summed E-state index contributed by atoms with van der Waals surface area (Å²) in [5.41, 5.74) is 2.53. The minimum Gasteiger partial charge on any atom is -0.478 e. The van der Waals surface area contributed by atoms with Gasteiger partial charge in [0, 0.05) is 30.1 Å². The smallest absolute Gasteiger partial charge is 0.335 e. The predicted molar refractivity (Wildman–Crippen MR) is 90.4 cm³/mol. The molecule has 0 saturated heterocycles. The molecule has 0 spiro atoms. The second-order valence-corrected chi connectivity index (χ2v) is 5.39. The minimum absolute atomic E-state index is 0.0969. The van der Waals surface area contributed by atoms with Crippen LogP contribution < -0.4 is 5.32 Å². The van der Waals surface area contributed by atoms with Crippen molar-refractivity contribution in [3.63, 3.8) is 0 Å². The van der Waals surface area contributed by atoms with Gasteiger partial charge in [-0.1, -0.05) is 6.07 Å². The monoisotopic (exact) mass is 324 g/mol. The highest BCUT2D eigenvalue weighted by atomic mass is 16.5. The van der Waals surface area contributed by atoms with Crippen molar-refractivity contribution in [2.45, 2.75) is 6.61 Å². The number of carbonyl (C=O) groups excluding carboxylic acids is 1. The largest absolute Gasteiger partial charge is 0.478 e. The number of carbonyl (C=O) groups is 2. The molecule has 6 heteroatoms. The van der Waals surface area contributed by atoms with Crippen LogP contribution in [0, 0.1) is 0 Å². The summed E-state index contributed by atoms with van der Waals surface area (Å²) in [4.78, 5) is 26.7. The number of aromatic amines is 1. The summed E-state index contributed by atoms with van der Waals surface area (Å²) in [6.07, 6.45) is 1.81. The van der Waals surface area contributed by atoms with E-state index in [-0.39, 0.29) is 18.1 Å². The van der Waals surface area contributed by atoms with Gasteiger partial charge in [0.1, 0.15) is 0 Å². The molecule has 0 aliphatic heterocycles. The highest BCUT2D eigenvalue weighted by molar-refractivity contribution is 6.06. The van der Waals surface area contributed by atoms with Crippen molar-refractivity contribution in [1.82, 2.24) is 4.98 Å². The number of aromatic nitrogens is 1. The third kappa shape index (κ3) is 3.28. The maximum absolute atomic E-state index is 12.4. The second-order valence-electron chi connectivity index (χ2n) is 5.39. The Balaban J connectivity index is 1.88. The van der Waals surface area contributed by atoms with E-state index in [9.17, 15) is 14.7 Å². The molecule has 0 aliphatic rings. The SMILES string of the molecule is COCc1cc(NC(=O)c2ccc3cc[nH]c3c2)cc(C(=O)O)c1. The van der Waals surface area contributed by atoms with Crippen LogP contribution in [-0.2, 0) is 11.3 Å². The van der Waals surface area contributed by atoms with E-state index >= 15 is 0 Å². The zero-order valence-electron chi connectivity index (χ0n) is 13.0.